The van der Waals surface area contributed by atoms with Gasteiger partial charge in [0.1, 0.15) is 29.7 Å². The van der Waals surface area contributed by atoms with Crippen molar-refractivity contribution in [2.75, 3.05) is 18.6 Å². The molecule has 1 saturated carbocycles. The van der Waals surface area contributed by atoms with Gasteiger partial charge in [-0.2, -0.15) is 0 Å². The van der Waals surface area contributed by atoms with Crippen molar-refractivity contribution >= 4 is 34.7 Å². The fourth-order valence-electron chi connectivity index (χ4n) is 4.80. The zero-order chi connectivity index (χ0) is 28.4. The van der Waals surface area contributed by atoms with Crippen molar-refractivity contribution < 1.29 is 9.84 Å². The van der Waals surface area contributed by atoms with Crippen LogP contribution < -0.4 is 15.4 Å². The molecule has 1 fully saturated rings. The Morgan fingerprint density at radius 1 is 1.27 bits per heavy atom. The van der Waals surface area contributed by atoms with E-state index in [2.05, 4.69) is 14.9 Å². The number of aliphatic hydroxyl groups excluding tert-OH is 1. The molecule has 2 aromatic heterocycles. The van der Waals surface area contributed by atoms with Gasteiger partial charge in [0.2, 0.25) is 0 Å². The van der Waals surface area contributed by atoms with Gasteiger partial charge >= 0.3 is 0 Å². The van der Waals surface area contributed by atoms with E-state index < -0.39 is 6.10 Å². The van der Waals surface area contributed by atoms with Gasteiger partial charge in [0.15, 0.2) is 5.82 Å². The minimum atomic E-state index is -0.549. The molecule has 40 heavy (non-hydrogen) atoms. The van der Waals surface area contributed by atoms with E-state index in [4.69, 9.17) is 48.6 Å². The zero-order valence-corrected chi connectivity index (χ0v) is 24.4. The van der Waals surface area contributed by atoms with Crippen LogP contribution in [0, 0.1) is 6.92 Å². The van der Waals surface area contributed by atoms with Crippen molar-refractivity contribution in [3.63, 3.8) is 0 Å². The van der Waals surface area contributed by atoms with Crippen LogP contribution in [0.1, 0.15) is 66.9 Å². The van der Waals surface area contributed by atoms with E-state index >= 15 is 0 Å². The summed E-state index contributed by atoms with van der Waals surface area (Å²) in [6.07, 6.45) is 6.51. The molecule has 210 valence electrons. The second kappa shape index (κ2) is 12.1. The maximum absolute atomic E-state index is 10.1. The molecular weight excluding hydrogens is 549 g/mol. The second-order valence-electron chi connectivity index (χ2n) is 10.2. The largest absolute Gasteiger partial charge is 0.491 e. The van der Waals surface area contributed by atoms with Crippen LogP contribution in [0.2, 0.25) is 5.02 Å². The third kappa shape index (κ3) is 5.92. The fourth-order valence-corrected chi connectivity index (χ4v) is 5.18. The number of hydrogen-bond acceptors (Lipinski definition) is 9. The lowest BCUT2D eigenvalue weighted by Crippen LogP contribution is -2.21. The Bertz CT molecular complexity index is 1470. The van der Waals surface area contributed by atoms with Gasteiger partial charge in [-0.15, -0.1) is 0 Å². The van der Waals surface area contributed by atoms with Gasteiger partial charge in [-0.25, -0.2) is 19.9 Å². The summed E-state index contributed by atoms with van der Waals surface area (Å²) < 4.78 is 5.86. The lowest BCUT2D eigenvalue weighted by molar-refractivity contribution is 0.0994. The predicted molar refractivity (Wildman–Crippen MR) is 158 cm³/mol. The number of fused-ring (bicyclic) bond motifs is 1. The van der Waals surface area contributed by atoms with Crippen LogP contribution >= 0.6 is 23.2 Å². The van der Waals surface area contributed by atoms with Gasteiger partial charge < -0.3 is 20.5 Å². The zero-order valence-electron chi connectivity index (χ0n) is 22.9. The molecule has 1 aliphatic heterocycles. The van der Waals surface area contributed by atoms with Crippen molar-refractivity contribution in [3.05, 3.63) is 69.0 Å². The van der Waals surface area contributed by atoms with Crippen LogP contribution in [0.15, 0.2) is 40.6 Å². The molecule has 2 aliphatic rings. The van der Waals surface area contributed by atoms with Gasteiger partial charge in [-0.3, -0.25) is 4.99 Å². The summed E-state index contributed by atoms with van der Waals surface area (Å²) in [6.45, 7) is 5.35. The number of allylic oxidation sites excluding steroid dienone is 1. The number of aromatic nitrogens is 4. The molecule has 1 aliphatic carbocycles. The first-order valence-corrected chi connectivity index (χ1v) is 14.2. The quantitative estimate of drug-likeness (QED) is 0.309. The highest BCUT2D eigenvalue weighted by Gasteiger charge is 2.31. The Labute approximate surface area is 244 Å². The average molecular weight is 583 g/mol. The molecule has 9 nitrogen and oxygen atoms in total. The summed E-state index contributed by atoms with van der Waals surface area (Å²) in [5, 5.41) is 10.9. The van der Waals surface area contributed by atoms with Gasteiger partial charge in [0, 0.05) is 48.6 Å². The van der Waals surface area contributed by atoms with Crippen molar-refractivity contribution in [1.82, 2.24) is 19.9 Å². The lowest BCUT2D eigenvalue weighted by atomic mass is 10.1. The first-order chi connectivity index (χ1) is 19.3. The molecule has 0 radical (unpaired) electrons. The van der Waals surface area contributed by atoms with E-state index in [1.165, 1.54) is 6.20 Å². The maximum Gasteiger partial charge on any atom is 0.163 e. The number of aliphatic imine (C=N–C) groups is 1. The van der Waals surface area contributed by atoms with Crippen LogP contribution in [0.5, 0.6) is 5.75 Å². The molecule has 0 bridgehead atoms. The monoisotopic (exact) mass is 581 g/mol. The summed E-state index contributed by atoms with van der Waals surface area (Å²) in [6, 6.07) is 5.29. The lowest BCUT2D eigenvalue weighted by Gasteiger charge is -2.22. The molecule has 11 heteroatoms. The molecule has 1 atom stereocenters. The summed E-state index contributed by atoms with van der Waals surface area (Å²) in [7, 11) is 1.64. The first kappa shape index (κ1) is 28.3. The van der Waals surface area contributed by atoms with Crippen LogP contribution in [0.3, 0.4) is 0 Å². The molecule has 0 unspecified atom stereocenters. The van der Waals surface area contributed by atoms with Gasteiger partial charge in [-0.1, -0.05) is 36.5 Å². The number of anilines is 1. The number of halogens is 2. The average Bonchev–Trinajstić information content (AvgIpc) is 3.72. The number of benzene rings is 1. The molecule has 1 aromatic carbocycles. The topological polar surface area (TPSA) is 123 Å². The number of rotatable bonds is 10. The van der Waals surface area contributed by atoms with Crippen molar-refractivity contribution in [2.45, 2.75) is 64.6 Å². The van der Waals surface area contributed by atoms with Gasteiger partial charge in [0.05, 0.1) is 34.1 Å². The molecule has 0 amide bonds. The number of aliphatic hydroxyl groups is 1. The van der Waals surface area contributed by atoms with Crippen molar-refractivity contribution in [3.8, 4) is 17.1 Å². The third-order valence-electron chi connectivity index (χ3n) is 7.10. The van der Waals surface area contributed by atoms with E-state index in [9.17, 15) is 5.11 Å². The van der Waals surface area contributed by atoms with Gasteiger partial charge in [-0.05, 0) is 44.4 Å². The Morgan fingerprint density at radius 3 is 2.77 bits per heavy atom. The third-order valence-corrected chi connectivity index (χ3v) is 7.73. The highest BCUT2D eigenvalue weighted by atomic mass is 35.5. The van der Waals surface area contributed by atoms with Crippen molar-refractivity contribution in [1.29, 1.82) is 0 Å². The molecule has 0 spiro atoms. The summed E-state index contributed by atoms with van der Waals surface area (Å²) in [4.78, 5) is 25.9. The van der Waals surface area contributed by atoms with Crippen LogP contribution in [-0.4, -0.2) is 50.5 Å². The van der Waals surface area contributed by atoms with Crippen LogP contribution in [-0.2, 0) is 13.1 Å². The molecule has 0 saturated heterocycles. The van der Waals surface area contributed by atoms with Crippen molar-refractivity contribution in [2.24, 2.45) is 10.7 Å². The van der Waals surface area contributed by atoms with E-state index in [-0.39, 0.29) is 11.6 Å². The minimum absolute atomic E-state index is 0.180. The smallest absolute Gasteiger partial charge is 0.163 e. The highest BCUT2D eigenvalue weighted by molar-refractivity contribution is 6.46. The Balaban J connectivity index is 1.56. The molecule has 5 rings (SSSR count). The second-order valence-corrected chi connectivity index (χ2v) is 11.0. The Hall–Kier alpha value is -3.27. The van der Waals surface area contributed by atoms with E-state index in [1.54, 1.807) is 25.2 Å². The standard InChI is InChI=1S/C29H33Cl2N7O2/c1-4-5-19(39)15-40-20-8-9-22(30)21(10-20)28-36-25(26(33-3)23(31)11-32)16(2)29(37-28)38-13-18-12-34-27(17-6-7-17)35-24(18)14-38/h8-12,17,19,39H,4-7,13-15,32H2,1-3H3/t19-/m1/s1. The maximum atomic E-state index is 10.1. The SMILES string of the molecule is CCC[C@@H](O)COc1ccc(Cl)c(-c2nc(C(=NC)C(Cl)=CN)c(C)c(N3Cc4cnc(C5CC5)nc4C3)n2)c1. The normalized spacial score (nSPS) is 16.3. The number of ether oxygens (including phenoxy) is 1. The summed E-state index contributed by atoms with van der Waals surface area (Å²) in [5.74, 6) is 3.07. The first-order valence-electron chi connectivity index (χ1n) is 13.5. The number of hydrogen-bond donors (Lipinski definition) is 2. The summed E-state index contributed by atoms with van der Waals surface area (Å²) in [5.41, 5.74) is 10.3. The molecule has 3 heterocycles. The van der Waals surface area contributed by atoms with Gasteiger partial charge in [0.25, 0.3) is 0 Å². The Kier molecular flexibility index (Phi) is 8.54. The fraction of sp³-hybridized carbons (Fsp3) is 0.414. The van der Waals surface area contributed by atoms with E-state index in [0.29, 0.717) is 59.0 Å². The van der Waals surface area contributed by atoms with E-state index in [1.807, 2.05) is 20.0 Å². The number of nitrogens with two attached hydrogens (primary N) is 1. The number of nitrogens with zero attached hydrogens (tertiary/aromatic N) is 6. The molecular formula is C29H33Cl2N7O2. The highest BCUT2D eigenvalue weighted by Crippen LogP contribution is 2.39. The van der Waals surface area contributed by atoms with Crippen LogP contribution in [0.25, 0.3) is 11.4 Å². The summed E-state index contributed by atoms with van der Waals surface area (Å²) >= 11 is 13.1. The molecule has 3 aromatic rings. The van der Waals surface area contributed by atoms with Crippen LogP contribution in [0.4, 0.5) is 5.82 Å². The minimum Gasteiger partial charge on any atom is -0.491 e. The van der Waals surface area contributed by atoms with E-state index in [0.717, 1.165) is 47.7 Å². The predicted octanol–water partition coefficient (Wildman–Crippen LogP) is 5.29. The Morgan fingerprint density at radius 2 is 2.08 bits per heavy atom. The molecule has 3 N–H and O–H groups in total.